The molecule has 0 radical (unpaired) electrons. The van der Waals surface area contributed by atoms with Gasteiger partial charge in [-0.15, -0.1) is 0 Å². The standard InChI is InChI=1S/C25H35NO5S2/c1-4-6-7-8-9-11-18(3)31-20-14-13-19(16-21(20)30-5-2)17-22-24(29)26(25(32)33-22)15-10-12-23(27)28/h13-14,16-18H,4-12,15H2,1-3H3,(H,27,28)/b22-17+/t18-/m1/s1. The minimum atomic E-state index is -0.882. The minimum absolute atomic E-state index is 0.00640. The van der Waals surface area contributed by atoms with Crippen LogP contribution in [0.3, 0.4) is 0 Å². The zero-order valence-corrected chi connectivity index (χ0v) is 21.4. The molecule has 1 aromatic rings. The molecule has 1 aromatic carbocycles. The van der Waals surface area contributed by atoms with Gasteiger partial charge in [-0.25, -0.2) is 0 Å². The number of amides is 1. The highest BCUT2D eigenvalue weighted by molar-refractivity contribution is 8.26. The van der Waals surface area contributed by atoms with E-state index in [-0.39, 0.29) is 18.4 Å². The number of thioether (sulfide) groups is 1. The van der Waals surface area contributed by atoms with Crippen molar-refractivity contribution in [2.24, 2.45) is 0 Å². The summed E-state index contributed by atoms with van der Waals surface area (Å²) in [4.78, 5) is 25.5. The molecule has 33 heavy (non-hydrogen) atoms. The van der Waals surface area contributed by atoms with Crippen LogP contribution in [0, 0.1) is 0 Å². The zero-order chi connectivity index (χ0) is 24.2. The number of unbranched alkanes of at least 4 members (excludes halogenated alkanes) is 4. The first-order valence-electron chi connectivity index (χ1n) is 11.8. The highest BCUT2D eigenvalue weighted by atomic mass is 32.2. The summed E-state index contributed by atoms with van der Waals surface area (Å²) in [6.45, 7) is 7.04. The van der Waals surface area contributed by atoms with Gasteiger partial charge in [-0.05, 0) is 56.9 Å². The van der Waals surface area contributed by atoms with Gasteiger partial charge in [0.2, 0.25) is 0 Å². The Morgan fingerprint density at radius 1 is 1.18 bits per heavy atom. The summed E-state index contributed by atoms with van der Waals surface area (Å²) >= 11 is 6.55. The van der Waals surface area contributed by atoms with Crippen LogP contribution in [0.25, 0.3) is 6.08 Å². The summed E-state index contributed by atoms with van der Waals surface area (Å²) in [5.74, 6) is 0.287. The first-order valence-corrected chi connectivity index (χ1v) is 13.0. The van der Waals surface area contributed by atoms with Crippen molar-refractivity contribution in [1.29, 1.82) is 0 Å². The lowest BCUT2D eigenvalue weighted by molar-refractivity contribution is -0.137. The number of ether oxygens (including phenoxy) is 2. The fourth-order valence-electron chi connectivity index (χ4n) is 3.52. The van der Waals surface area contributed by atoms with Crippen LogP contribution < -0.4 is 9.47 Å². The molecule has 1 fully saturated rings. The molecule has 182 valence electrons. The monoisotopic (exact) mass is 493 g/mol. The Hall–Kier alpha value is -2.06. The largest absolute Gasteiger partial charge is 0.490 e. The van der Waals surface area contributed by atoms with Crippen molar-refractivity contribution >= 4 is 46.3 Å². The number of carbonyl (C=O) groups is 2. The van der Waals surface area contributed by atoms with E-state index in [1.165, 1.54) is 42.3 Å². The summed E-state index contributed by atoms with van der Waals surface area (Å²) < 4.78 is 12.4. The highest BCUT2D eigenvalue weighted by Crippen LogP contribution is 2.35. The Morgan fingerprint density at radius 2 is 1.94 bits per heavy atom. The average molecular weight is 494 g/mol. The van der Waals surface area contributed by atoms with E-state index in [0.717, 1.165) is 18.4 Å². The fraction of sp³-hybridized carbons (Fsp3) is 0.560. The van der Waals surface area contributed by atoms with Gasteiger partial charge < -0.3 is 14.6 Å². The molecule has 0 bridgehead atoms. The van der Waals surface area contributed by atoms with Crippen LogP contribution in [0.4, 0.5) is 0 Å². The molecule has 1 amide bonds. The Labute approximate surface area is 206 Å². The molecule has 0 unspecified atom stereocenters. The van der Waals surface area contributed by atoms with Gasteiger partial charge in [-0.1, -0.05) is 62.7 Å². The number of carbonyl (C=O) groups excluding carboxylic acids is 1. The van der Waals surface area contributed by atoms with E-state index in [4.69, 9.17) is 26.8 Å². The average Bonchev–Trinajstić information content (AvgIpc) is 3.02. The van der Waals surface area contributed by atoms with E-state index >= 15 is 0 Å². The lowest BCUT2D eigenvalue weighted by atomic mass is 10.1. The SMILES string of the molecule is CCCCCCC[C@@H](C)Oc1ccc(/C=C2/SC(=S)N(CCCC(=O)O)C2=O)cc1OCC. The van der Waals surface area contributed by atoms with Gasteiger partial charge in [-0.3, -0.25) is 14.5 Å². The van der Waals surface area contributed by atoms with Gasteiger partial charge in [0.25, 0.3) is 5.91 Å². The molecule has 1 heterocycles. The second-order valence-electron chi connectivity index (χ2n) is 8.10. The molecule has 1 atom stereocenters. The molecule has 1 aliphatic rings. The molecule has 1 saturated heterocycles. The number of rotatable bonds is 15. The predicted molar refractivity (Wildman–Crippen MR) is 138 cm³/mol. The smallest absolute Gasteiger partial charge is 0.303 e. The summed E-state index contributed by atoms with van der Waals surface area (Å²) in [6.07, 6.45) is 9.44. The van der Waals surface area contributed by atoms with Crippen LogP contribution in [0.5, 0.6) is 11.5 Å². The maximum Gasteiger partial charge on any atom is 0.303 e. The predicted octanol–water partition coefficient (Wildman–Crippen LogP) is 6.28. The number of thiocarbonyl (C=S) groups is 1. The molecular weight excluding hydrogens is 458 g/mol. The summed E-state index contributed by atoms with van der Waals surface area (Å²) in [6, 6.07) is 5.67. The topological polar surface area (TPSA) is 76.1 Å². The van der Waals surface area contributed by atoms with Crippen molar-refractivity contribution in [3.63, 3.8) is 0 Å². The van der Waals surface area contributed by atoms with Crippen LogP contribution in [-0.2, 0) is 9.59 Å². The quantitative estimate of drug-likeness (QED) is 0.175. The van der Waals surface area contributed by atoms with E-state index in [1.54, 1.807) is 6.08 Å². The normalized spacial score (nSPS) is 15.8. The molecule has 6 nitrogen and oxygen atoms in total. The summed E-state index contributed by atoms with van der Waals surface area (Å²) in [5, 5.41) is 8.81. The van der Waals surface area contributed by atoms with Gasteiger partial charge in [0.1, 0.15) is 4.32 Å². The van der Waals surface area contributed by atoms with Crippen LogP contribution >= 0.6 is 24.0 Å². The molecule has 0 saturated carbocycles. The number of carboxylic acids is 1. The molecular formula is C25H35NO5S2. The third-order valence-electron chi connectivity index (χ3n) is 5.25. The number of nitrogens with zero attached hydrogens (tertiary/aromatic N) is 1. The highest BCUT2D eigenvalue weighted by Gasteiger charge is 2.31. The number of benzene rings is 1. The van der Waals surface area contributed by atoms with Crippen LogP contribution in [-0.4, -0.2) is 45.5 Å². The molecule has 0 aliphatic carbocycles. The van der Waals surface area contributed by atoms with Crippen molar-refractivity contribution in [2.45, 2.75) is 78.2 Å². The third kappa shape index (κ3) is 9.01. The molecule has 0 spiro atoms. The summed E-state index contributed by atoms with van der Waals surface area (Å²) in [5.41, 5.74) is 0.823. The van der Waals surface area contributed by atoms with E-state index in [2.05, 4.69) is 13.8 Å². The van der Waals surface area contributed by atoms with Gasteiger partial charge in [0.15, 0.2) is 11.5 Å². The third-order valence-corrected chi connectivity index (χ3v) is 6.63. The van der Waals surface area contributed by atoms with E-state index in [1.807, 2.05) is 25.1 Å². The first-order chi connectivity index (χ1) is 15.8. The number of carboxylic acid groups (broad SMARTS) is 1. The Morgan fingerprint density at radius 3 is 2.64 bits per heavy atom. The van der Waals surface area contributed by atoms with Crippen molar-refractivity contribution in [3.05, 3.63) is 28.7 Å². The van der Waals surface area contributed by atoms with Crippen LogP contribution in [0.15, 0.2) is 23.1 Å². The molecule has 1 N–H and O–H groups in total. The van der Waals surface area contributed by atoms with Gasteiger partial charge in [-0.2, -0.15) is 0 Å². The van der Waals surface area contributed by atoms with Crippen molar-refractivity contribution < 1.29 is 24.2 Å². The summed E-state index contributed by atoms with van der Waals surface area (Å²) in [7, 11) is 0. The van der Waals surface area contributed by atoms with Crippen molar-refractivity contribution in [1.82, 2.24) is 4.90 Å². The Balaban J connectivity index is 2.04. The minimum Gasteiger partial charge on any atom is -0.490 e. The molecule has 2 rings (SSSR count). The van der Waals surface area contributed by atoms with Gasteiger partial charge in [0.05, 0.1) is 17.6 Å². The van der Waals surface area contributed by atoms with Gasteiger partial charge >= 0.3 is 5.97 Å². The molecule has 1 aliphatic heterocycles. The molecule has 0 aromatic heterocycles. The number of aliphatic carboxylic acids is 1. The second kappa shape index (κ2) is 14.3. The van der Waals surface area contributed by atoms with Crippen LogP contribution in [0.2, 0.25) is 0 Å². The molecule has 8 heteroatoms. The lowest BCUT2D eigenvalue weighted by Crippen LogP contribution is -2.29. The van der Waals surface area contributed by atoms with E-state index in [0.29, 0.717) is 40.3 Å². The van der Waals surface area contributed by atoms with Crippen molar-refractivity contribution in [2.75, 3.05) is 13.2 Å². The Bertz CT molecular complexity index is 855. The fourth-order valence-corrected chi connectivity index (χ4v) is 4.83. The van der Waals surface area contributed by atoms with E-state index in [9.17, 15) is 9.59 Å². The Kier molecular flexibility index (Phi) is 11.7. The van der Waals surface area contributed by atoms with Crippen LogP contribution in [0.1, 0.15) is 77.7 Å². The van der Waals surface area contributed by atoms with Crippen molar-refractivity contribution in [3.8, 4) is 11.5 Å². The number of hydrogen-bond acceptors (Lipinski definition) is 6. The second-order valence-corrected chi connectivity index (χ2v) is 9.78. The zero-order valence-electron chi connectivity index (χ0n) is 19.8. The van der Waals surface area contributed by atoms with Gasteiger partial charge in [0, 0.05) is 13.0 Å². The number of hydrogen-bond donors (Lipinski definition) is 1. The van der Waals surface area contributed by atoms with E-state index < -0.39 is 5.97 Å². The maximum absolute atomic E-state index is 12.7. The first kappa shape index (κ1) is 27.2. The lowest BCUT2D eigenvalue weighted by Gasteiger charge is -2.18. The maximum atomic E-state index is 12.7.